The summed E-state index contributed by atoms with van der Waals surface area (Å²) < 4.78 is 5.21. The minimum absolute atomic E-state index is 0.170. The molecule has 116 valence electrons. The van der Waals surface area contributed by atoms with Crippen LogP contribution in [0.5, 0.6) is 5.75 Å². The molecule has 0 aromatic heterocycles. The van der Waals surface area contributed by atoms with Gasteiger partial charge in [-0.25, -0.2) is 0 Å². The van der Waals surface area contributed by atoms with Crippen molar-refractivity contribution in [1.82, 2.24) is 5.32 Å². The Morgan fingerprint density at radius 2 is 2.14 bits per heavy atom. The summed E-state index contributed by atoms with van der Waals surface area (Å²) in [5.41, 5.74) is 1.15. The van der Waals surface area contributed by atoms with Crippen LogP contribution in [0.4, 0.5) is 0 Å². The van der Waals surface area contributed by atoms with Crippen LogP contribution in [-0.2, 0) is 11.2 Å². The summed E-state index contributed by atoms with van der Waals surface area (Å²) in [6.07, 6.45) is 4.95. The maximum Gasteiger partial charge on any atom is 0.220 e. The molecule has 1 aromatic carbocycles. The molecule has 1 amide bonds. The fraction of sp³-hybridized carbons (Fsp3) is 0.611. The maximum atomic E-state index is 12.1. The lowest BCUT2D eigenvalue weighted by atomic mass is 9.78. The number of amides is 1. The number of benzene rings is 1. The van der Waals surface area contributed by atoms with Crippen molar-refractivity contribution in [3.63, 3.8) is 0 Å². The lowest BCUT2D eigenvalue weighted by Gasteiger charge is -2.34. The van der Waals surface area contributed by atoms with E-state index < -0.39 is 0 Å². The minimum Gasteiger partial charge on any atom is -0.497 e. The van der Waals surface area contributed by atoms with Gasteiger partial charge in [-0.05, 0) is 42.4 Å². The van der Waals surface area contributed by atoms with Crippen molar-refractivity contribution in [2.24, 2.45) is 11.8 Å². The summed E-state index contributed by atoms with van der Waals surface area (Å²) in [6.45, 7) is 4.55. The summed E-state index contributed by atoms with van der Waals surface area (Å²) in [4.78, 5) is 12.1. The normalized spacial score (nSPS) is 25.4. The number of rotatable bonds is 5. The number of methoxy groups -OCH3 is 1. The van der Waals surface area contributed by atoms with Crippen LogP contribution in [0.25, 0.3) is 0 Å². The molecule has 0 saturated heterocycles. The Hall–Kier alpha value is -1.51. The zero-order valence-electron chi connectivity index (χ0n) is 13.4. The van der Waals surface area contributed by atoms with Gasteiger partial charge in [0, 0.05) is 12.5 Å². The van der Waals surface area contributed by atoms with E-state index >= 15 is 0 Å². The standard InChI is InChI=1S/C18H27NO2/c1-13-6-4-9-17(14(13)2)19-18(20)11-10-15-7-5-8-16(12-15)21-3/h5,7-8,12-14,17H,4,6,9-11H2,1-3H3,(H,19,20). The number of ether oxygens (including phenoxy) is 1. The molecule has 1 saturated carbocycles. The van der Waals surface area contributed by atoms with Crippen LogP contribution in [-0.4, -0.2) is 19.1 Å². The van der Waals surface area contributed by atoms with Gasteiger partial charge in [-0.2, -0.15) is 0 Å². The van der Waals surface area contributed by atoms with E-state index in [9.17, 15) is 4.79 Å². The second kappa shape index (κ2) is 7.48. The van der Waals surface area contributed by atoms with Gasteiger partial charge in [0.2, 0.25) is 5.91 Å². The Morgan fingerprint density at radius 1 is 1.33 bits per heavy atom. The van der Waals surface area contributed by atoms with Crippen molar-refractivity contribution >= 4 is 5.91 Å². The van der Waals surface area contributed by atoms with Crippen LogP contribution < -0.4 is 10.1 Å². The second-order valence-corrected chi connectivity index (χ2v) is 6.29. The van der Waals surface area contributed by atoms with E-state index in [4.69, 9.17) is 4.74 Å². The highest BCUT2D eigenvalue weighted by atomic mass is 16.5. The van der Waals surface area contributed by atoms with Gasteiger partial charge in [0.05, 0.1) is 7.11 Å². The van der Waals surface area contributed by atoms with Gasteiger partial charge >= 0.3 is 0 Å². The Labute approximate surface area is 128 Å². The van der Waals surface area contributed by atoms with Crippen LogP contribution in [0.1, 0.15) is 45.1 Å². The van der Waals surface area contributed by atoms with E-state index in [1.165, 1.54) is 12.8 Å². The summed E-state index contributed by atoms with van der Waals surface area (Å²) >= 11 is 0. The monoisotopic (exact) mass is 289 g/mol. The summed E-state index contributed by atoms with van der Waals surface area (Å²) in [5.74, 6) is 2.31. The Kier molecular flexibility index (Phi) is 5.66. The van der Waals surface area contributed by atoms with E-state index in [0.29, 0.717) is 24.3 Å². The Bertz CT molecular complexity index is 472. The van der Waals surface area contributed by atoms with Gasteiger partial charge in [0.25, 0.3) is 0 Å². The second-order valence-electron chi connectivity index (χ2n) is 6.29. The summed E-state index contributed by atoms with van der Waals surface area (Å²) in [6, 6.07) is 8.29. The zero-order valence-corrected chi connectivity index (χ0v) is 13.4. The molecule has 1 fully saturated rings. The van der Waals surface area contributed by atoms with E-state index in [1.54, 1.807) is 7.11 Å². The highest BCUT2D eigenvalue weighted by Gasteiger charge is 2.27. The molecule has 1 aromatic rings. The van der Waals surface area contributed by atoms with Gasteiger partial charge in [-0.15, -0.1) is 0 Å². The molecule has 0 aliphatic heterocycles. The molecular weight excluding hydrogens is 262 g/mol. The molecule has 21 heavy (non-hydrogen) atoms. The molecule has 0 bridgehead atoms. The molecular formula is C18H27NO2. The first-order chi connectivity index (χ1) is 10.1. The minimum atomic E-state index is 0.170. The number of hydrogen-bond donors (Lipinski definition) is 1. The quantitative estimate of drug-likeness (QED) is 0.900. The number of carbonyl (C=O) groups excluding carboxylic acids is 1. The maximum absolute atomic E-state index is 12.1. The van der Waals surface area contributed by atoms with Gasteiger partial charge in [-0.3, -0.25) is 4.79 Å². The molecule has 3 unspecified atom stereocenters. The van der Waals surface area contributed by atoms with Crippen molar-refractivity contribution in [2.45, 2.75) is 52.0 Å². The Morgan fingerprint density at radius 3 is 2.90 bits per heavy atom. The third kappa shape index (κ3) is 4.48. The van der Waals surface area contributed by atoms with Crippen molar-refractivity contribution in [3.05, 3.63) is 29.8 Å². The number of carbonyl (C=O) groups is 1. The van der Waals surface area contributed by atoms with Crippen molar-refractivity contribution in [2.75, 3.05) is 7.11 Å². The van der Waals surface area contributed by atoms with Gasteiger partial charge in [-0.1, -0.05) is 38.8 Å². The highest BCUT2D eigenvalue weighted by molar-refractivity contribution is 5.76. The number of nitrogens with one attached hydrogen (secondary N) is 1. The largest absolute Gasteiger partial charge is 0.497 e. The van der Waals surface area contributed by atoms with Gasteiger partial charge in [0.15, 0.2) is 0 Å². The van der Waals surface area contributed by atoms with Crippen LogP contribution >= 0.6 is 0 Å². The first-order valence-corrected chi connectivity index (χ1v) is 8.02. The molecule has 3 atom stereocenters. The van der Waals surface area contributed by atoms with Gasteiger partial charge in [0.1, 0.15) is 5.75 Å². The molecule has 1 N–H and O–H groups in total. The van der Waals surface area contributed by atoms with E-state index in [0.717, 1.165) is 24.2 Å². The average molecular weight is 289 g/mol. The summed E-state index contributed by atoms with van der Waals surface area (Å²) in [5, 5.41) is 3.23. The predicted molar refractivity (Wildman–Crippen MR) is 85.4 cm³/mol. The first kappa shape index (κ1) is 15.9. The SMILES string of the molecule is COc1cccc(CCC(=O)NC2CCCC(C)C2C)c1. The average Bonchev–Trinajstić information content (AvgIpc) is 2.50. The third-order valence-electron chi connectivity index (χ3n) is 4.83. The summed E-state index contributed by atoms with van der Waals surface area (Å²) in [7, 11) is 1.66. The van der Waals surface area contributed by atoms with Gasteiger partial charge < -0.3 is 10.1 Å². The zero-order chi connectivity index (χ0) is 15.2. The van der Waals surface area contributed by atoms with E-state index in [-0.39, 0.29) is 5.91 Å². The molecule has 2 rings (SSSR count). The molecule has 3 nitrogen and oxygen atoms in total. The van der Waals surface area contributed by atoms with Crippen LogP contribution in [0.3, 0.4) is 0 Å². The highest BCUT2D eigenvalue weighted by Crippen LogP contribution is 2.29. The van der Waals surface area contributed by atoms with E-state index in [2.05, 4.69) is 19.2 Å². The molecule has 3 heteroatoms. The fourth-order valence-electron chi connectivity index (χ4n) is 3.15. The molecule has 1 aliphatic rings. The lowest BCUT2D eigenvalue weighted by molar-refractivity contribution is -0.122. The lowest BCUT2D eigenvalue weighted by Crippen LogP contribution is -2.43. The molecule has 0 spiro atoms. The van der Waals surface area contributed by atoms with Crippen molar-refractivity contribution in [1.29, 1.82) is 0 Å². The Balaban J connectivity index is 1.81. The van der Waals surface area contributed by atoms with Crippen molar-refractivity contribution < 1.29 is 9.53 Å². The third-order valence-corrected chi connectivity index (χ3v) is 4.83. The van der Waals surface area contributed by atoms with Crippen LogP contribution in [0.2, 0.25) is 0 Å². The number of hydrogen-bond acceptors (Lipinski definition) is 2. The number of aryl methyl sites for hydroxylation is 1. The van der Waals surface area contributed by atoms with Crippen LogP contribution in [0.15, 0.2) is 24.3 Å². The smallest absolute Gasteiger partial charge is 0.220 e. The first-order valence-electron chi connectivity index (χ1n) is 8.02. The molecule has 1 aliphatic carbocycles. The molecule has 0 radical (unpaired) electrons. The fourth-order valence-corrected chi connectivity index (χ4v) is 3.15. The molecule has 0 heterocycles. The predicted octanol–water partition coefficient (Wildman–Crippen LogP) is 3.57. The van der Waals surface area contributed by atoms with Crippen molar-refractivity contribution in [3.8, 4) is 5.75 Å². The topological polar surface area (TPSA) is 38.3 Å². The van der Waals surface area contributed by atoms with E-state index in [1.807, 2.05) is 24.3 Å². The van der Waals surface area contributed by atoms with Crippen LogP contribution in [0, 0.1) is 11.8 Å².